The number of halogens is 2. The molecule has 0 saturated carbocycles. The van der Waals surface area contributed by atoms with Gasteiger partial charge < -0.3 is 63.9 Å². The van der Waals surface area contributed by atoms with E-state index in [2.05, 4.69) is 10.6 Å². The Morgan fingerprint density at radius 2 is 0.821 bits per heavy atom. The molecule has 0 aliphatic carbocycles. The number of amides is 2. The van der Waals surface area contributed by atoms with Gasteiger partial charge in [0.05, 0.1) is 42.7 Å². The van der Waals surface area contributed by atoms with Crippen LogP contribution < -0.4 is 73.0 Å². The van der Waals surface area contributed by atoms with E-state index in [0.29, 0.717) is 47.6 Å². The third kappa shape index (κ3) is 14.7. The Hall–Kier alpha value is -4.76. The number of carbonyl (C=O) groups is 2. The highest BCUT2D eigenvalue weighted by Gasteiger charge is 2.14. The summed E-state index contributed by atoms with van der Waals surface area (Å²) in [6.45, 7) is 1.58. The number of aromatic nitrogens is 2. The highest BCUT2D eigenvalue weighted by atomic mass is 35.5. The minimum Gasteiger partial charge on any atom is -1.00 e. The van der Waals surface area contributed by atoms with Crippen LogP contribution in [0.1, 0.15) is 22.3 Å². The molecule has 302 valence electrons. The van der Waals surface area contributed by atoms with Crippen molar-refractivity contribution in [3.8, 4) is 34.5 Å². The molecule has 2 heterocycles. The molecule has 4 aromatic rings. The Balaban J connectivity index is 0.00000541. The first-order valence-corrected chi connectivity index (χ1v) is 19.5. The number of ether oxygens (including phenoxy) is 6. The first-order valence-electron chi connectivity index (χ1n) is 17.0. The van der Waals surface area contributed by atoms with Crippen LogP contribution in [0.25, 0.3) is 24.3 Å². The molecule has 0 fully saturated rings. The second-order valence-electron chi connectivity index (χ2n) is 11.5. The van der Waals surface area contributed by atoms with Gasteiger partial charge in [-0.05, 0) is 46.5 Å². The summed E-state index contributed by atoms with van der Waals surface area (Å²) in [7, 11) is 12.8. The van der Waals surface area contributed by atoms with Gasteiger partial charge in [-0.1, -0.05) is 45.9 Å². The van der Waals surface area contributed by atoms with Crippen LogP contribution in [-0.2, 0) is 22.7 Å². The number of pyridine rings is 2. The van der Waals surface area contributed by atoms with E-state index in [0.717, 1.165) is 33.8 Å². The minimum absolute atomic E-state index is 0. The quantitative estimate of drug-likeness (QED) is 0.0613. The van der Waals surface area contributed by atoms with Gasteiger partial charge >= 0.3 is 0 Å². The van der Waals surface area contributed by atoms with Crippen LogP contribution >= 0.6 is 21.6 Å². The highest BCUT2D eigenvalue weighted by Crippen LogP contribution is 2.39. The van der Waals surface area contributed by atoms with Crippen molar-refractivity contribution in [3.05, 3.63) is 95.6 Å². The molecule has 0 radical (unpaired) electrons. The SMILES string of the molecule is COc1cc(C=Cc2cc[n+](CC(=O)NCCSSCCNC(=O)C[n+]3ccc(C=Cc4cc(OC)c(OC)c(OC)c4)cc3)cc2)cc(OC)c1OC.[Cl-].[Cl-]. The maximum atomic E-state index is 12.5. The van der Waals surface area contributed by atoms with Crippen molar-refractivity contribution in [2.45, 2.75) is 13.1 Å². The summed E-state index contributed by atoms with van der Waals surface area (Å²) in [5, 5.41) is 5.92. The molecule has 12 nitrogen and oxygen atoms in total. The van der Waals surface area contributed by atoms with Crippen molar-refractivity contribution in [1.82, 2.24) is 10.6 Å². The van der Waals surface area contributed by atoms with E-state index in [1.165, 1.54) is 0 Å². The van der Waals surface area contributed by atoms with Crippen LogP contribution in [0.5, 0.6) is 34.5 Å². The lowest BCUT2D eigenvalue weighted by atomic mass is 10.1. The lowest BCUT2D eigenvalue weighted by Crippen LogP contribution is -3.00. The van der Waals surface area contributed by atoms with Gasteiger partial charge in [0, 0.05) is 48.9 Å². The third-order valence-electron chi connectivity index (χ3n) is 7.90. The van der Waals surface area contributed by atoms with Crippen LogP contribution in [-0.4, -0.2) is 79.1 Å². The van der Waals surface area contributed by atoms with E-state index in [1.54, 1.807) is 64.2 Å². The smallest absolute Gasteiger partial charge is 0.286 e. The van der Waals surface area contributed by atoms with E-state index in [-0.39, 0.29) is 49.7 Å². The van der Waals surface area contributed by atoms with Crippen LogP contribution in [0.2, 0.25) is 0 Å². The first-order chi connectivity index (χ1) is 26.3. The van der Waals surface area contributed by atoms with Crippen molar-refractivity contribution in [2.75, 3.05) is 67.3 Å². The second kappa shape index (κ2) is 25.4. The largest absolute Gasteiger partial charge is 1.00 e. The number of rotatable bonds is 21. The predicted octanol–water partition coefficient (Wildman–Crippen LogP) is -1.02. The van der Waals surface area contributed by atoms with Crippen molar-refractivity contribution in [1.29, 1.82) is 0 Å². The van der Waals surface area contributed by atoms with Crippen molar-refractivity contribution >= 4 is 57.7 Å². The van der Waals surface area contributed by atoms with Gasteiger partial charge in [0.25, 0.3) is 11.8 Å². The lowest BCUT2D eigenvalue weighted by molar-refractivity contribution is -0.684. The molecule has 0 unspecified atom stereocenters. The summed E-state index contributed by atoms with van der Waals surface area (Å²) in [6, 6.07) is 15.3. The van der Waals surface area contributed by atoms with Gasteiger partial charge in [-0.25, -0.2) is 0 Å². The van der Waals surface area contributed by atoms with Gasteiger partial charge in [0.1, 0.15) is 0 Å². The number of carbonyl (C=O) groups excluding carboxylic acids is 2. The fourth-order valence-corrected chi connectivity index (χ4v) is 6.99. The summed E-state index contributed by atoms with van der Waals surface area (Å²) in [4.78, 5) is 24.9. The number of hydrogen-bond donors (Lipinski definition) is 2. The molecule has 0 bridgehead atoms. The van der Waals surface area contributed by atoms with Crippen LogP contribution in [0.3, 0.4) is 0 Å². The minimum atomic E-state index is -0.0568. The first kappa shape index (κ1) is 47.4. The van der Waals surface area contributed by atoms with E-state index in [1.807, 2.05) is 107 Å². The Morgan fingerprint density at radius 3 is 1.11 bits per heavy atom. The summed E-state index contributed by atoms with van der Waals surface area (Å²) < 4.78 is 36.2. The van der Waals surface area contributed by atoms with Gasteiger partial charge in [0.2, 0.25) is 24.6 Å². The molecule has 0 atom stereocenters. The van der Waals surface area contributed by atoms with Crippen LogP contribution in [0.4, 0.5) is 0 Å². The Bertz CT molecular complexity index is 1710. The van der Waals surface area contributed by atoms with E-state index < -0.39 is 0 Å². The number of benzene rings is 2. The predicted molar refractivity (Wildman–Crippen MR) is 214 cm³/mol. The van der Waals surface area contributed by atoms with E-state index >= 15 is 0 Å². The molecular formula is C40H48Cl2N4O8S2. The van der Waals surface area contributed by atoms with Gasteiger partial charge in [-0.3, -0.25) is 9.59 Å². The van der Waals surface area contributed by atoms with E-state index in [9.17, 15) is 9.59 Å². The molecular weight excluding hydrogens is 799 g/mol. The number of methoxy groups -OCH3 is 6. The molecule has 4 rings (SSSR count). The number of hydrogen-bond acceptors (Lipinski definition) is 10. The number of nitrogens with zero attached hydrogens (tertiary/aromatic N) is 2. The lowest BCUT2D eigenvalue weighted by Gasteiger charge is -2.12. The summed E-state index contributed by atoms with van der Waals surface area (Å²) >= 11 is 0. The average molecular weight is 848 g/mol. The molecule has 2 amide bonds. The fraction of sp³-hybridized carbons (Fsp3) is 0.300. The molecule has 0 saturated heterocycles. The summed E-state index contributed by atoms with van der Waals surface area (Å²) in [5.41, 5.74) is 3.77. The molecule has 2 aromatic carbocycles. The molecule has 0 aliphatic heterocycles. The van der Waals surface area contributed by atoms with Crippen molar-refractivity contribution in [2.24, 2.45) is 0 Å². The van der Waals surface area contributed by atoms with Crippen molar-refractivity contribution in [3.63, 3.8) is 0 Å². The second-order valence-corrected chi connectivity index (χ2v) is 14.2. The number of nitrogens with one attached hydrogen (secondary N) is 2. The maximum absolute atomic E-state index is 12.5. The molecule has 16 heteroatoms. The summed E-state index contributed by atoms with van der Waals surface area (Å²) in [6.07, 6.45) is 15.4. The van der Waals surface area contributed by atoms with Gasteiger partial charge in [-0.15, -0.1) is 0 Å². The standard InChI is InChI=1S/C40H46N4O8S2.2ClH/c1-47-33-23-31(24-34(48-2)39(33)51-5)9-7-29-11-17-43(18-12-29)27-37(45)41-15-21-53-54-22-16-42-38(46)28-44-19-13-30(14-20-44)8-10-32-25-35(49-3)40(52-6)36(26-32)50-4;;/h7-14,17-20,23-26H,15-16,21-22,27-28H2,1-6H3;2*1H. The van der Waals surface area contributed by atoms with Gasteiger partial charge in [-0.2, -0.15) is 9.13 Å². The van der Waals surface area contributed by atoms with Crippen molar-refractivity contribution < 1.29 is 72.0 Å². The highest BCUT2D eigenvalue weighted by molar-refractivity contribution is 8.76. The Morgan fingerprint density at radius 1 is 0.518 bits per heavy atom. The molecule has 56 heavy (non-hydrogen) atoms. The maximum Gasteiger partial charge on any atom is 0.286 e. The van der Waals surface area contributed by atoms with E-state index in [4.69, 9.17) is 28.4 Å². The monoisotopic (exact) mass is 846 g/mol. The zero-order valence-corrected chi connectivity index (χ0v) is 35.4. The zero-order valence-electron chi connectivity index (χ0n) is 32.2. The summed E-state index contributed by atoms with van der Waals surface area (Å²) in [5.74, 6) is 4.85. The Labute approximate surface area is 349 Å². The normalized spacial score (nSPS) is 10.6. The van der Waals surface area contributed by atoms with Crippen LogP contribution in [0.15, 0.2) is 73.3 Å². The topological polar surface area (TPSA) is 121 Å². The fourth-order valence-electron chi connectivity index (χ4n) is 5.18. The Kier molecular flexibility index (Phi) is 21.5. The molecule has 0 spiro atoms. The average Bonchev–Trinajstić information content (AvgIpc) is 3.20. The molecule has 2 N–H and O–H groups in total. The molecule has 2 aromatic heterocycles. The van der Waals surface area contributed by atoms with Gasteiger partial charge in [0.15, 0.2) is 47.8 Å². The zero-order chi connectivity index (χ0) is 38.7. The van der Waals surface area contributed by atoms with Crippen LogP contribution in [0, 0.1) is 0 Å². The molecule has 0 aliphatic rings. The third-order valence-corrected chi connectivity index (χ3v) is 10.3.